The van der Waals surface area contributed by atoms with Crippen LogP contribution in [0.3, 0.4) is 0 Å². The van der Waals surface area contributed by atoms with Gasteiger partial charge in [-0.15, -0.1) is 0 Å². The number of ether oxygens (including phenoxy) is 3. The predicted octanol–water partition coefficient (Wildman–Crippen LogP) is 1.42. The summed E-state index contributed by atoms with van der Waals surface area (Å²) >= 11 is 0. The van der Waals surface area contributed by atoms with Crippen LogP contribution < -0.4 is 4.74 Å². The molecule has 0 aliphatic rings. The van der Waals surface area contributed by atoms with Gasteiger partial charge in [0.2, 0.25) is 0 Å². The third-order valence-electron chi connectivity index (χ3n) is 2.51. The minimum absolute atomic E-state index is 0.484. The molecule has 0 unspecified atom stereocenters. The number of hydrogen-bond acceptors (Lipinski definition) is 5. The van der Waals surface area contributed by atoms with Crippen LogP contribution in [-0.2, 0) is 15.3 Å². The highest BCUT2D eigenvalue weighted by Crippen LogP contribution is 2.33. The van der Waals surface area contributed by atoms with E-state index in [1.807, 2.05) is 0 Å². The van der Waals surface area contributed by atoms with Gasteiger partial charge in [-0.1, -0.05) is 12.1 Å². The molecule has 0 spiro atoms. The predicted molar refractivity (Wildman–Crippen MR) is 60.6 cm³/mol. The lowest BCUT2D eigenvalue weighted by molar-refractivity contribution is -0.524. The largest absolute Gasteiger partial charge is 0.496 e. The zero-order valence-corrected chi connectivity index (χ0v) is 10.0. The van der Waals surface area contributed by atoms with Gasteiger partial charge in [-0.25, -0.2) is 0 Å². The van der Waals surface area contributed by atoms with E-state index in [1.54, 1.807) is 24.3 Å². The topological polar surface area (TPSA) is 70.8 Å². The van der Waals surface area contributed by atoms with Gasteiger partial charge < -0.3 is 14.2 Å². The maximum Gasteiger partial charge on any atom is 0.265 e. The summed E-state index contributed by atoms with van der Waals surface area (Å²) in [6, 6.07) is 6.88. The van der Waals surface area contributed by atoms with Crippen LogP contribution in [0.5, 0.6) is 5.75 Å². The maximum absolute atomic E-state index is 10.7. The van der Waals surface area contributed by atoms with Gasteiger partial charge in [0.05, 0.1) is 12.7 Å². The molecule has 0 fully saturated rings. The summed E-state index contributed by atoms with van der Waals surface area (Å²) in [5.74, 6) is -0.950. The van der Waals surface area contributed by atoms with E-state index in [4.69, 9.17) is 14.2 Å². The van der Waals surface area contributed by atoms with Gasteiger partial charge in [0.25, 0.3) is 12.3 Å². The number of methoxy groups -OCH3 is 3. The molecular weight excluding hydrogens is 226 g/mol. The number of nitro groups is 1. The molecule has 1 aromatic rings. The Morgan fingerprint density at radius 1 is 1.24 bits per heavy atom. The van der Waals surface area contributed by atoms with E-state index < -0.39 is 17.3 Å². The van der Waals surface area contributed by atoms with Crippen LogP contribution in [0.2, 0.25) is 0 Å². The normalized spacial score (nSPS) is 11.2. The van der Waals surface area contributed by atoms with Gasteiger partial charge in [0.15, 0.2) is 0 Å². The highest BCUT2D eigenvalue weighted by molar-refractivity contribution is 5.37. The monoisotopic (exact) mass is 241 g/mol. The van der Waals surface area contributed by atoms with E-state index in [0.717, 1.165) is 0 Å². The van der Waals surface area contributed by atoms with Gasteiger partial charge in [0, 0.05) is 19.1 Å². The van der Waals surface area contributed by atoms with E-state index in [0.29, 0.717) is 11.3 Å². The molecule has 0 amide bonds. The van der Waals surface area contributed by atoms with E-state index >= 15 is 0 Å². The highest BCUT2D eigenvalue weighted by atomic mass is 16.7. The second kappa shape index (κ2) is 5.60. The second-order valence-corrected chi connectivity index (χ2v) is 3.35. The van der Waals surface area contributed by atoms with Crippen LogP contribution in [0.15, 0.2) is 24.3 Å². The number of hydrogen-bond donors (Lipinski definition) is 0. The third-order valence-corrected chi connectivity index (χ3v) is 2.51. The van der Waals surface area contributed by atoms with Crippen LogP contribution in [0.25, 0.3) is 0 Å². The summed E-state index contributed by atoms with van der Waals surface area (Å²) in [5.41, 5.74) is 0.490. The zero-order chi connectivity index (χ0) is 12.9. The Balaban J connectivity index is 3.25. The molecule has 17 heavy (non-hydrogen) atoms. The van der Waals surface area contributed by atoms with Crippen LogP contribution in [0, 0.1) is 10.1 Å². The SMILES string of the molecule is COc1ccccc1C(C[N+](=O)[O-])(OC)OC. The first-order chi connectivity index (χ1) is 8.09. The Morgan fingerprint density at radius 3 is 2.29 bits per heavy atom. The van der Waals surface area contributed by atoms with Crippen LogP contribution in [-0.4, -0.2) is 32.8 Å². The summed E-state index contributed by atoms with van der Waals surface area (Å²) in [4.78, 5) is 10.2. The smallest absolute Gasteiger partial charge is 0.265 e. The maximum atomic E-state index is 10.7. The Morgan fingerprint density at radius 2 is 1.82 bits per heavy atom. The summed E-state index contributed by atoms with van der Waals surface area (Å²) in [5, 5.41) is 10.7. The van der Waals surface area contributed by atoms with Crippen molar-refractivity contribution in [1.29, 1.82) is 0 Å². The van der Waals surface area contributed by atoms with Gasteiger partial charge in [-0.3, -0.25) is 10.1 Å². The summed E-state index contributed by atoms with van der Waals surface area (Å²) in [6.45, 7) is -0.500. The van der Waals surface area contributed by atoms with E-state index in [9.17, 15) is 10.1 Å². The first kappa shape index (κ1) is 13.4. The van der Waals surface area contributed by atoms with Crippen molar-refractivity contribution in [2.24, 2.45) is 0 Å². The van der Waals surface area contributed by atoms with Crippen molar-refractivity contribution in [2.45, 2.75) is 5.79 Å². The molecule has 0 aliphatic carbocycles. The van der Waals surface area contributed by atoms with E-state index in [-0.39, 0.29) is 0 Å². The van der Waals surface area contributed by atoms with Crippen LogP contribution >= 0.6 is 0 Å². The van der Waals surface area contributed by atoms with Crippen molar-refractivity contribution >= 4 is 0 Å². The van der Waals surface area contributed by atoms with E-state index in [2.05, 4.69) is 0 Å². The van der Waals surface area contributed by atoms with Crippen LogP contribution in [0.1, 0.15) is 5.56 Å². The molecule has 1 rings (SSSR count). The fourth-order valence-corrected chi connectivity index (χ4v) is 1.65. The molecule has 0 saturated carbocycles. The number of benzene rings is 1. The molecule has 0 aromatic heterocycles. The Labute approximate surface area is 99.2 Å². The number of nitrogens with zero attached hydrogens (tertiary/aromatic N) is 1. The molecule has 0 radical (unpaired) electrons. The third kappa shape index (κ3) is 2.72. The Hall–Kier alpha value is -1.66. The van der Waals surface area contributed by atoms with Crippen molar-refractivity contribution < 1.29 is 19.1 Å². The standard InChI is InChI=1S/C11H15NO5/c1-15-10-7-5-4-6-9(10)11(16-2,17-3)8-12(13)14/h4-7H,8H2,1-3H3. The first-order valence-electron chi connectivity index (χ1n) is 4.95. The summed E-state index contributed by atoms with van der Waals surface area (Å²) in [6.07, 6.45) is 0. The Bertz CT molecular complexity index is 389. The zero-order valence-electron chi connectivity index (χ0n) is 10.0. The molecule has 0 atom stereocenters. The van der Waals surface area contributed by atoms with E-state index in [1.165, 1.54) is 21.3 Å². The minimum Gasteiger partial charge on any atom is -0.496 e. The number of para-hydroxylation sites is 1. The summed E-state index contributed by atoms with van der Waals surface area (Å²) < 4.78 is 15.5. The number of rotatable bonds is 6. The molecule has 0 bridgehead atoms. The first-order valence-corrected chi connectivity index (χ1v) is 4.95. The van der Waals surface area contributed by atoms with Gasteiger partial charge >= 0.3 is 0 Å². The molecule has 6 heteroatoms. The average Bonchev–Trinajstić information content (AvgIpc) is 2.35. The molecule has 0 N–H and O–H groups in total. The average molecular weight is 241 g/mol. The minimum atomic E-state index is -1.43. The van der Waals surface area contributed by atoms with Crippen molar-refractivity contribution in [3.63, 3.8) is 0 Å². The molecule has 0 saturated heterocycles. The Kier molecular flexibility index (Phi) is 4.42. The lowest BCUT2D eigenvalue weighted by Gasteiger charge is -2.28. The van der Waals surface area contributed by atoms with Crippen molar-refractivity contribution in [3.05, 3.63) is 39.9 Å². The van der Waals surface area contributed by atoms with Crippen molar-refractivity contribution in [1.82, 2.24) is 0 Å². The fraction of sp³-hybridized carbons (Fsp3) is 0.455. The van der Waals surface area contributed by atoms with Crippen molar-refractivity contribution in [2.75, 3.05) is 27.9 Å². The quantitative estimate of drug-likeness (QED) is 0.428. The van der Waals surface area contributed by atoms with Crippen LogP contribution in [0.4, 0.5) is 0 Å². The highest BCUT2D eigenvalue weighted by Gasteiger charge is 2.40. The molecule has 0 aliphatic heterocycles. The lowest BCUT2D eigenvalue weighted by Crippen LogP contribution is -2.38. The molecule has 1 aromatic carbocycles. The molecule has 6 nitrogen and oxygen atoms in total. The lowest BCUT2D eigenvalue weighted by atomic mass is 10.0. The summed E-state index contributed by atoms with van der Waals surface area (Å²) in [7, 11) is 4.21. The molecule has 94 valence electrons. The van der Waals surface area contributed by atoms with Gasteiger partial charge in [0.1, 0.15) is 5.75 Å². The molecular formula is C11H15NO5. The molecule has 0 heterocycles. The van der Waals surface area contributed by atoms with Gasteiger partial charge in [-0.2, -0.15) is 0 Å². The van der Waals surface area contributed by atoms with Crippen molar-refractivity contribution in [3.8, 4) is 5.75 Å². The van der Waals surface area contributed by atoms with Gasteiger partial charge in [-0.05, 0) is 12.1 Å². The fourth-order valence-electron chi connectivity index (χ4n) is 1.65. The second-order valence-electron chi connectivity index (χ2n) is 3.35.